The smallest absolute Gasteiger partial charge is 0.268 e. The molecule has 1 aliphatic heterocycles. The molecule has 2 aromatic carbocycles. The molecule has 1 aliphatic rings. The number of ether oxygens (including phenoxy) is 1. The van der Waals surface area contributed by atoms with Crippen molar-refractivity contribution in [2.45, 2.75) is 25.8 Å². The molecule has 0 unspecified atom stereocenters. The van der Waals surface area contributed by atoms with Crippen LogP contribution in [0.5, 0.6) is 5.75 Å². The molecule has 26 heavy (non-hydrogen) atoms. The van der Waals surface area contributed by atoms with Gasteiger partial charge in [0.15, 0.2) is 0 Å². The minimum Gasteiger partial charge on any atom is -0.497 e. The standard InChI is InChI=1S/C21H21N3O2/c1-21(2)12-14-7-4-5-10-17(14)19(24-21)18(13-22)20(25)23-15-8-6-9-16(11-15)26-3/h4-11,24H,12H2,1-3H3,(H,23,25). The number of methoxy groups -OCH3 is 1. The number of anilines is 1. The summed E-state index contributed by atoms with van der Waals surface area (Å²) in [6.07, 6.45) is 0.822. The number of benzene rings is 2. The highest BCUT2D eigenvalue weighted by Crippen LogP contribution is 2.31. The van der Waals surface area contributed by atoms with Crippen molar-refractivity contribution in [3.63, 3.8) is 0 Å². The number of carbonyl (C=O) groups excluding carboxylic acids is 1. The zero-order valence-electron chi connectivity index (χ0n) is 15.1. The first-order valence-corrected chi connectivity index (χ1v) is 8.40. The number of nitriles is 1. The first-order chi connectivity index (χ1) is 12.4. The van der Waals surface area contributed by atoms with Gasteiger partial charge in [0.1, 0.15) is 17.4 Å². The van der Waals surface area contributed by atoms with Crippen LogP contribution in [0, 0.1) is 11.3 Å². The Balaban J connectivity index is 2.01. The summed E-state index contributed by atoms with van der Waals surface area (Å²) in [4.78, 5) is 12.8. The molecule has 3 rings (SSSR count). The maximum atomic E-state index is 12.8. The van der Waals surface area contributed by atoms with Crippen LogP contribution in [0.25, 0.3) is 5.70 Å². The average molecular weight is 347 g/mol. The van der Waals surface area contributed by atoms with Crippen molar-refractivity contribution in [1.82, 2.24) is 5.32 Å². The van der Waals surface area contributed by atoms with Crippen LogP contribution >= 0.6 is 0 Å². The second-order valence-corrected chi connectivity index (χ2v) is 6.89. The van der Waals surface area contributed by atoms with E-state index in [0.29, 0.717) is 17.1 Å². The van der Waals surface area contributed by atoms with Crippen LogP contribution in [-0.2, 0) is 11.2 Å². The average Bonchev–Trinajstić information content (AvgIpc) is 2.61. The van der Waals surface area contributed by atoms with Gasteiger partial charge in [0, 0.05) is 22.9 Å². The van der Waals surface area contributed by atoms with Crippen LogP contribution in [0.3, 0.4) is 0 Å². The number of carbonyl (C=O) groups is 1. The number of hydrogen-bond acceptors (Lipinski definition) is 4. The molecular weight excluding hydrogens is 326 g/mol. The van der Waals surface area contributed by atoms with Crippen LogP contribution in [-0.4, -0.2) is 18.6 Å². The highest BCUT2D eigenvalue weighted by Gasteiger charge is 2.30. The predicted octanol–water partition coefficient (Wildman–Crippen LogP) is 3.49. The highest BCUT2D eigenvalue weighted by atomic mass is 16.5. The number of nitrogens with zero attached hydrogens (tertiary/aromatic N) is 1. The molecule has 0 atom stereocenters. The molecule has 5 heteroatoms. The molecule has 2 N–H and O–H groups in total. The van der Waals surface area contributed by atoms with E-state index >= 15 is 0 Å². The number of fused-ring (bicyclic) bond motifs is 1. The van der Waals surface area contributed by atoms with E-state index in [1.165, 1.54) is 0 Å². The van der Waals surface area contributed by atoms with Crippen LogP contribution in [0.1, 0.15) is 25.0 Å². The molecular formula is C21H21N3O2. The number of amides is 1. The lowest BCUT2D eigenvalue weighted by atomic mass is 9.84. The molecule has 0 fully saturated rings. The summed E-state index contributed by atoms with van der Waals surface area (Å²) >= 11 is 0. The molecule has 0 saturated carbocycles. The molecule has 0 aromatic heterocycles. The quantitative estimate of drug-likeness (QED) is 0.658. The first-order valence-electron chi connectivity index (χ1n) is 8.40. The third-order valence-electron chi connectivity index (χ3n) is 4.30. The van der Waals surface area contributed by atoms with E-state index in [2.05, 4.69) is 30.6 Å². The van der Waals surface area contributed by atoms with Crippen molar-refractivity contribution in [3.05, 3.63) is 65.2 Å². The van der Waals surface area contributed by atoms with Crippen molar-refractivity contribution in [3.8, 4) is 11.8 Å². The van der Waals surface area contributed by atoms with E-state index in [1.54, 1.807) is 31.4 Å². The second kappa shape index (κ2) is 6.93. The Morgan fingerprint density at radius 1 is 1.23 bits per heavy atom. The predicted molar refractivity (Wildman–Crippen MR) is 102 cm³/mol. The van der Waals surface area contributed by atoms with Gasteiger partial charge < -0.3 is 15.4 Å². The third kappa shape index (κ3) is 3.55. The molecule has 0 spiro atoms. The molecule has 5 nitrogen and oxygen atoms in total. The monoisotopic (exact) mass is 347 g/mol. The Hall–Kier alpha value is -3.26. The van der Waals surface area contributed by atoms with Gasteiger partial charge in [0.05, 0.1) is 12.8 Å². The lowest BCUT2D eigenvalue weighted by Crippen LogP contribution is -2.44. The van der Waals surface area contributed by atoms with Gasteiger partial charge in [-0.3, -0.25) is 4.79 Å². The summed E-state index contributed by atoms with van der Waals surface area (Å²) in [6.45, 7) is 4.11. The number of nitrogens with one attached hydrogen (secondary N) is 2. The van der Waals surface area contributed by atoms with E-state index in [1.807, 2.05) is 24.3 Å². The fraction of sp³-hybridized carbons (Fsp3) is 0.238. The minimum absolute atomic E-state index is 0.0630. The fourth-order valence-corrected chi connectivity index (χ4v) is 3.16. The van der Waals surface area contributed by atoms with E-state index in [4.69, 9.17) is 4.74 Å². The topological polar surface area (TPSA) is 74.1 Å². The molecule has 2 aromatic rings. The fourth-order valence-electron chi connectivity index (χ4n) is 3.16. The van der Waals surface area contributed by atoms with Crippen LogP contribution in [0.15, 0.2) is 54.1 Å². The Morgan fingerprint density at radius 3 is 2.73 bits per heavy atom. The number of hydrogen-bond donors (Lipinski definition) is 2. The van der Waals surface area contributed by atoms with Gasteiger partial charge in [-0.1, -0.05) is 30.3 Å². The molecule has 0 saturated heterocycles. The molecule has 132 valence electrons. The summed E-state index contributed by atoms with van der Waals surface area (Å²) < 4.78 is 5.17. The highest BCUT2D eigenvalue weighted by molar-refractivity contribution is 6.12. The Morgan fingerprint density at radius 2 is 2.00 bits per heavy atom. The largest absolute Gasteiger partial charge is 0.497 e. The number of rotatable bonds is 3. The van der Waals surface area contributed by atoms with Crippen LogP contribution in [0.2, 0.25) is 0 Å². The molecule has 0 radical (unpaired) electrons. The molecule has 1 amide bonds. The summed E-state index contributed by atoms with van der Waals surface area (Å²) in [6, 6.07) is 17.0. The normalized spacial score (nSPS) is 16.5. The van der Waals surface area contributed by atoms with Crippen molar-refractivity contribution < 1.29 is 9.53 Å². The Bertz CT molecular complexity index is 923. The maximum absolute atomic E-state index is 12.8. The SMILES string of the molecule is COc1cccc(NC(=O)C(C#N)=C2NC(C)(C)Cc3ccccc32)c1. The van der Waals surface area contributed by atoms with Crippen LogP contribution < -0.4 is 15.4 Å². The minimum atomic E-state index is -0.448. The summed E-state index contributed by atoms with van der Waals surface area (Å²) in [7, 11) is 1.56. The lowest BCUT2D eigenvalue weighted by Gasteiger charge is -2.36. The maximum Gasteiger partial charge on any atom is 0.268 e. The molecule has 1 heterocycles. The van der Waals surface area contributed by atoms with Gasteiger partial charge in [0.2, 0.25) is 0 Å². The van der Waals surface area contributed by atoms with Crippen molar-refractivity contribution in [2.24, 2.45) is 0 Å². The van der Waals surface area contributed by atoms with E-state index in [9.17, 15) is 10.1 Å². The Labute approximate surface area is 153 Å². The van der Waals surface area contributed by atoms with Gasteiger partial charge >= 0.3 is 0 Å². The van der Waals surface area contributed by atoms with Crippen molar-refractivity contribution >= 4 is 17.3 Å². The summed E-state index contributed by atoms with van der Waals surface area (Å²) in [5.74, 6) is 0.187. The molecule has 0 aliphatic carbocycles. The molecule has 0 bridgehead atoms. The van der Waals surface area contributed by atoms with Gasteiger partial charge in [-0.15, -0.1) is 0 Å². The van der Waals surface area contributed by atoms with E-state index < -0.39 is 5.91 Å². The van der Waals surface area contributed by atoms with Gasteiger partial charge in [0.25, 0.3) is 5.91 Å². The lowest BCUT2D eigenvalue weighted by molar-refractivity contribution is -0.112. The summed E-state index contributed by atoms with van der Waals surface area (Å²) in [5.41, 5.74) is 2.97. The van der Waals surface area contributed by atoms with Crippen LogP contribution in [0.4, 0.5) is 5.69 Å². The summed E-state index contributed by atoms with van der Waals surface area (Å²) in [5, 5.41) is 15.8. The van der Waals surface area contributed by atoms with E-state index in [-0.39, 0.29) is 11.1 Å². The Kier molecular flexibility index (Phi) is 4.68. The zero-order valence-corrected chi connectivity index (χ0v) is 15.1. The van der Waals surface area contributed by atoms with E-state index in [0.717, 1.165) is 17.5 Å². The van der Waals surface area contributed by atoms with Gasteiger partial charge in [-0.05, 0) is 38.0 Å². The van der Waals surface area contributed by atoms with Crippen molar-refractivity contribution in [1.29, 1.82) is 5.26 Å². The second-order valence-electron chi connectivity index (χ2n) is 6.89. The zero-order chi connectivity index (χ0) is 18.7. The van der Waals surface area contributed by atoms with Gasteiger partial charge in [-0.2, -0.15) is 5.26 Å². The third-order valence-corrected chi connectivity index (χ3v) is 4.30. The van der Waals surface area contributed by atoms with Crippen molar-refractivity contribution in [2.75, 3.05) is 12.4 Å². The first kappa shape index (κ1) is 17.6. The van der Waals surface area contributed by atoms with Gasteiger partial charge in [-0.25, -0.2) is 0 Å².